The van der Waals surface area contributed by atoms with E-state index in [2.05, 4.69) is 10.3 Å². The Hall–Kier alpha value is -1.23. The molecule has 0 fully saturated rings. The van der Waals surface area contributed by atoms with E-state index in [0.29, 0.717) is 18.8 Å². The summed E-state index contributed by atoms with van der Waals surface area (Å²) >= 11 is 5.36. The summed E-state index contributed by atoms with van der Waals surface area (Å²) in [5.41, 5.74) is 0.940. The summed E-state index contributed by atoms with van der Waals surface area (Å²) in [5.74, 6) is 0.313. The van der Waals surface area contributed by atoms with Crippen LogP contribution in [0, 0.1) is 0 Å². The van der Waals surface area contributed by atoms with Crippen molar-refractivity contribution in [3.05, 3.63) is 18.2 Å². The Kier molecular flexibility index (Phi) is 4.97. The van der Waals surface area contributed by atoms with Gasteiger partial charge in [-0.2, -0.15) is 0 Å². The van der Waals surface area contributed by atoms with E-state index in [4.69, 9.17) is 16.3 Å². The van der Waals surface area contributed by atoms with Crippen LogP contribution in [0.25, 0.3) is 0 Å². The van der Waals surface area contributed by atoms with E-state index in [0.717, 1.165) is 5.69 Å². The predicted molar refractivity (Wildman–Crippen MR) is 57.0 cm³/mol. The maximum absolute atomic E-state index is 11.0. The van der Waals surface area contributed by atoms with E-state index >= 15 is 0 Å². The summed E-state index contributed by atoms with van der Waals surface area (Å²) in [6.07, 6.45) is 3.88. The van der Waals surface area contributed by atoms with E-state index < -0.39 is 6.09 Å². The minimum atomic E-state index is -0.438. The van der Waals surface area contributed by atoms with Gasteiger partial charge < -0.3 is 14.6 Å². The quantitative estimate of drug-likeness (QED) is 0.767. The summed E-state index contributed by atoms with van der Waals surface area (Å²) < 4.78 is 6.59. The molecule has 0 aliphatic rings. The molecule has 0 saturated carbocycles. The number of aryl methyl sites for hydroxylation is 1. The van der Waals surface area contributed by atoms with Crippen LogP contribution in [-0.4, -0.2) is 34.7 Å². The number of hydrogen-bond donors (Lipinski definition) is 1. The van der Waals surface area contributed by atoms with E-state index in [1.165, 1.54) is 0 Å². The van der Waals surface area contributed by atoms with Gasteiger partial charge in [-0.3, -0.25) is 0 Å². The molecule has 1 aromatic rings. The van der Waals surface area contributed by atoms with Gasteiger partial charge in [0.15, 0.2) is 0 Å². The van der Waals surface area contributed by atoms with Crippen LogP contribution in [0.3, 0.4) is 0 Å². The van der Waals surface area contributed by atoms with Crippen molar-refractivity contribution in [1.82, 2.24) is 14.9 Å². The highest BCUT2D eigenvalue weighted by Crippen LogP contribution is 1.94. The highest BCUT2D eigenvalue weighted by atomic mass is 35.5. The van der Waals surface area contributed by atoms with Crippen LogP contribution < -0.4 is 5.32 Å². The molecule has 84 valence electrons. The highest BCUT2D eigenvalue weighted by molar-refractivity contribution is 6.18. The zero-order chi connectivity index (χ0) is 11.1. The fourth-order valence-electron chi connectivity index (χ4n) is 1.07. The molecule has 5 nitrogen and oxygen atoms in total. The molecule has 1 aromatic heterocycles. The van der Waals surface area contributed by atoms with Gasteiger partial charge in [-0.05, 0) is 0 Å². The number of carbonyl (C=O) groups is 1. The summed E-state index contributed by atoms with van der Waals surface area (Å²) in [6.45, 7) is 0.745. The Bertz CT molecular complexity index is 314. The third kappa shape index (κ3) is 4.69. The van der Waals surface area contributed by atoms with Crippen LogP contribution in [0.1, 0.15) is 5.69 Å². The molecular formula is C9H14ClN3O2. The first-order valence-corrected chi connectivity index (χ1v) is 5.19. The number of hydrogen-bond acceptors (Lipinski definition) is 3. The topological polar surface area (TPSA) is 56.2 Å². The van der Waals surface area contributed by atoms with E-state index in [1.54, 1.807) is 6.33 Å². The Morgan fingerprint density at radius 2 is 2.53 bits per heavy atom. The van der Waals surface area contributed by atoms with Crippen LogP contribution in [0.4, 0.5) is 4.79 Å². The second kappa shape index (κ2) is 6.29. The van der Waals surface area contributed by atoms with Crippen molar-refractivity contribution in [3.63, 3.8) is 0 Å². The first kappa shape index (κ1) is 11.8. The summed E-state index contributed by atoms with van der Waals surface area (Å²) in [7, 11) is 1.90. The Labute approximate surface area is 93.4 Å². The van der Waals surface area contributed by atoms with Crippen LogP contribution in [-0.2, 0) is 18.2 Å². The number of rotatable bonds is 5. The lowest BCUT2D eigenvalue weighted by atomic mass is 10.3. The fourth-order valence-corrected chi connectivity index (χ4v) is 1.15. The zero-order valence-corrected chi connectivity index (χ0v) is 9.33. The van der Waals surface area contributed by atoms with Gasteiger partial charge in [-0.15, -0.1) is 11.6 Å². The maximum atomic E-state index is 11.0. The first-order chi connectivity index (χ1) is 7.22. The number of alkyl halides is 1. The largest absolute Gasteiger partial charge is 0.448 e. The van der Waals surface area contributed by atoms with Crippen LogP contribution in [0.15, 0.2) is 12.5 Å². The fraction of sp³-hybridized carbons (Fsp3) is 0.556. The number of carbonyl (C=O) groups excluding carboxylic acids is 1. The minimum absolute atomic E-state index is 0.233. The molecule has 1 heterocycles. The van der Waals surface area contributed by atoms with Gasteiger partial charge in [-0.1, -0.05) is 0 Å². The number of amides is 1. The van der Waals surface area contributed by atoms with E-state index in [1.807, 2.05) is 17.8 Å². The zero-order valence-electron chi connectivity index (χ0n) is 8.57. The highest BCUT2D eigenvalue weighted by Gasteiger charge is 2.01. The van der Waals surface area contributed by atoms with Gasteiger partial charge in [0.25, 0.3) is 0 Å². The lowest BCUT2D eigenvalue weighted by Gasteiger charge is -2.03. The Balaban J connectivity index is 2.13. The third-order valence-electron chi connectivity index (χ3n) is 1.72. The number of alkyl carbamates (subject to hydrolysis) is 1. The SMILES string of the molecule is Cn1cnc(CCNC(=O)OCCCl)c1. The maximum Gasteiger partial charge on any atom is 0.407 e. The lowest BCUT2D eigenvalue weighted by Crippen LogP contribution is -2.27. The average Bonchev–Trinajstić information content (AvgIpc) is 2.61. The van der Waals surface area contributed by atoms with Crippen molar-refractivity contribution in [2.75, 3.05) is 19.0 Å². The van der Waals surface area contributed by atoms with Crippen molar-refractivity contribution < 1.29 is 9.53 Å². The smallest absolute Gasteiger partial charge is 0.407 e. The Morgan fingerprint density at radius 1 is 1.73 bits per heavy atom. The number of ether oxygens (including phenoxy) is 1. The second-order valence-corrected chi connectivity index (χ2v) is 3.41. The molecule has 0 unspecified atom stereocenters. The van der Waals surface area contributed by atoms with Crippen molar-refractivity contribution >= 4 is 17.7 Å². The summed E-state index contributed by atoms with van der Waals surface area (Å²) in [5, 5.41) is 2.61. The van der Waals surface area contributed by atoms with E-state index in [-0.39, 0.29) is 6.61 Å². The molecule has 0 radical (unpaired) electrons. The normalized spacial score (nSPS) is 10.0. The number of halogens is 1. The molecule has 0 atom stereocenters. The van der Waals surface area contributed by atoms with Gasteiger partial charge >= 0.3 is 6.09 Å². The van der Waals surface area contributed by atoms with Crippen molar-refractivity contribution in [3.8, 4) is 0 Å². The van der Waals surface area contributed by atoms with Gasteiger partial charge in [0.2, 0.25) is 0 Å². The number of nitrogens with one attached hydrogen (secondary N) is 1. The predicted octanol–water partition coefficient (Wildman–Crippen LogP) is 0.928. The number of nitrogens with zero attached hydrogens (tertiary/aromatic N) is 2. The van der Waals surface area contributed by atoms with Crippen molar-refractivity contribution in [2.24, 2.45) is 7.05 Å². The van der Waals surface area contributed by atoms with Crippen molar-refractivity contribution in [2.45, 2.75) is 6.42 Å². The van der Waals surface area contributed by atoms with Crippen LogP contribution in [0.2, 0.25) is 0 Å². The monoisotopic (exact) mass is 231 g/mol. The first-order valence-electron chi connectivity index (χ1n) is 4.66. The average molecular weight is 232 g/mol. The van der Waals surface area contributed by atoms with Gasteiger partial charge in [-0.25, -0.2) is 9.78 Å². The molecule has 0 spiro atoms. The van der Waals surface area contributed by atoms with Crippen LogP contribution >= 0.6 is 11.6 Å². The molecule has 0 saturated heterocycles. The molecule has 15 heavy (non-hydrogen) atoms. The molecule has 1 N–H and O–H groups in total. The molecule has 0 aliphatic heterocycles. The molecule has 0 aliphatic carbocycles. The molecule has 6 heteroatoms. The number of imidazole rings is 1. The Morgan fingerprint density at radius 3 is 3.13 bits per heavy atom. The van der Waals surface area contributed by atoms with Crippen molar-refractivity contribution in [1.29, 1.82) is 0 Å². The summed E-state index contributed by atoms with van der Waals surface area (Å²) in [6, 6.07) is 0. The standard InChI is InChI=1S/C9H14ClN3O2/c1-13-6-8(12-7-13)2-4-11-9(14)15-5-3-10/h6-7H,2-5H2,1H3,(H,11,14). The third-order valence-corrected chi connectivity index (χ3v) is 1.87. The molecule has 0 bridgehead atoms. The number of aromatic nitrogens is 2. The lowest BCUT2D eigenvalue weighted by molar-refractivity contribution is 0.153. The minimum Gasteiger partial charge on any atom is -0.448 e. The van der Waals surface area contributed by atoms with E-state index in [9.17, 15) is 4.79 Å². The molecule has 0 aromatic carbocycles. The summed E-state index contributed by atoms with van der Waals surface area (Å²) in [4.78, 5) is 15.1. The van der Waals surface area contributed by atoms with Gasteiger partial charge in [0.1, 0.15) is 6.61 Å². The molecule has 1 rings (SSSR count). The van der Waals surface area contributed by atoms with Gasteiger partial charge in [0, 0.05) is 26.2 Å². The van der Waals surface area contributed by atoms with Crippen LogP contribution in [0.5, 0.6) is 0 Å². The van der Waals surface area contributed by atoms with Gasteiger partial charge in [0.05, 0.1) is 17.9 Å². The molecular weight excluding hydrogens is 218 g/mol. The molecule has 1 amide bonds. The second-order valence-electron chi connectivity index (χ2n) is 3.03.